The minimum absolute atomic E-state index is 0.00429. The predicted octanol–water partition coefficient (Wildman–Crippen LogP) is 4.63. The van der Waals surface area contributed by atoms with Crippen molar-refractivity contribution in [2.45, 2.75) is 49.8 Å². The summed E-state index contributed by atoms with van der Waals surface area (Å²) in [7, 11) is 0. The van der Waals surface area contributed by atoms with Gasteiger partial charge in [-0.15, -0.1) is 11.8 Å². The van der Waals surface area contributed by atoms with E-state index in [0.29, 0.717) is 17.9 Å². The summed E-state index contributed by atoms with van der Waals surface area (Å²) in [5.41, 5.74) is 4.24. The van der Waals surface area contributed by atoms with Gasteiger partial charge in [0.25, 0.3) is 5.56 Å². The Balaban J connectivity index is 1.74. The molecule has 0 amide bonds. The molecule has 1 aliphatic carbocycles. The fourth-order valence-electron chi connectivity index (χ4n) is 4.40. The first-order chi connectivity index (χ1) is 13.2. The fraction of sp³-hybridized carbons (Fsp3) is 0.348. The molecule has 1 atom stereocenters. The van der Waals surface area contributed by atoms with Crippen molar-refractivity contribution in [2.24, 2.45) is 0 Å². The first-order valence-corrected chi connectivity index (χ1v) is 10.7. The van der Waals surface area contributed by atoms with E-state index in [0.717, 1.165) is 16.3 Å². The summed E-state index contributed by atoms with van der Waals surface area (Å²) >= 11 is 1.81. The van der Waals surface area contributed by atoms with E-state index in [-0.39, 0.29) is 18.2 Å². The topological polar surface area (TPSA) is 42.2 Å². The number of aliphatic hydroxyl groups excluding tert-OH is 1. The Bertz CT molecular complexity index is 1090. The van der Waals surface area contributed by atoms with Gasteiger partial charge in [-0.3, -0.25) is 9.36 Å². The summed E-state index contributed by atoms with van der Waals surface area (Å²) in [5, 5.41) is 13.7. The highest BCUT2D eigenvalue weighted by atomic mass is 32.2. The zero-order chi connectivity index (χ0) is 18.5. The zero-order valence-electron chi connectivity index (χ0n) is 15.4. The van der Waals surface area contributed by atoms with Crippen molar-refractivity contribution in [3.05, 3.63) is 75.1 Å². The van der Waals surface area contributed by atoms with E-state index in [4.69, 9.17) is 0 Å². The molecule has 0 radical (unpaired) electrons. The van der Waals surface area contributed by atoms with Crippen LogP contribution < -0.4 is 5.56 Å². The van der Waals surface area contributed by atoms with E-state index in [1.807, 2.05) is 16.3 Å². The van der Waals surface area contributed by atoms with Gasteiger partial charge in [-0.05, 0) is 59.6 Å². The third kappa shape index (κ3) is 2.74. The highest BCUT2D eigenvalue weighted by Crippen LogP contribution is 2.49. The molecular formula is C23H23NO2S. The summed E-state index contributed by atoms with van der Waals surface area (Å²) in [6.45, 7) is 1.92. The molecule has 1 saturated carbocycles. The van der Waals surface area contributed by atoms with E-state index < -0.39 is 0 Å². The number of aromatic nitrogens is 1. The predicted molar refractivity (Wildman–Crippen MR) is 111 cm³/mol. The summed E-state index contributed by atoms with van der Waals surface area (Å²) < 4.78 is 1.94. The fourth-order valence-corrected chi connectivity index (χ4v) is 5.80. The van der Waals surface area contributed by atoms with Gasteiger partial charge in [0.15, 0.2) is 0 Å². The molecule has 0 bridgehead atoms. The van der Waals surface area contributed by atoms with E-state index in [1.165, 1.54) is 34.7 Å². The lowest BCUT2D eigenvalue weighted by atomic mass is 9.92. The lowest BCUT2D eigenvalue weighted by molar-refractivity contribution is 0.276. The number of hydrogen-bond acceptors (Lipinski definition) is 3. The molecule has 1 fully saturated rings. The van der Waals surface area contributed by atoms with E-state index >= 15 is 0 Å². The molecule has 1 aliphatic heterocycles. The van der Waals surface area contributed by atoms with E-state index in [9.17, 15) is 9.90 Å². The van der Waals surface area contributed by atoms with Crippen LogP contribution in [0.15, 0.2) is 52.3 Å². The van der Waals surface area contributed by atoms with Gasteiger partial charge < -0.3 is 5.11 Å². The van der Waals surface area contributed by atoms with Crippen LogP contribution in [0.5, 0.6) is 0 Å². The van der Waals surface area contributed by atoms with Crippen molar-refractivity contribution in [1.82, 2.24) is 4.57 Å². The van der Waals surface area contributed by atoms with Crippen LogP contribution >= 0.6 is 11.8 Å². The van der Waals surface area contributed by atoms with Gasteiger partial charge in [0.1, 0.15) is 0 Å². The summed E-state index contributed by atoms with van der Waals surface area (Å²) in [6.07, 6.45) is 3.09. The maximum Gasteiger partial charge on any atom is 0.257 e. The van der Waals surface area contributed by atoms with Gasteiger partial charge in [-0.25, -0.2) is 0 Å². The number of aliphatic hydroxyl groups is 1. The molecule has 138 valence electrons. The molecule has 4 heteroatoms. The largest absolute Gasteiger partial charge is 0.391 e. The first kappa shape index (κ1) is 17.1. The Morgan fingerprint density at radius 1 is 1.11 bits per heavy atom. The number of nitrogens with zero attached hydrogens (tertiary/aromatic N) is 1. The normalized spacial score (nSPS) is 18.8. The molecule has 0 saturated heterocycles. The molecule has 2 aromatic carbocycles. The van der Waals surface area contributed by atoms with Gasteiger partial charge in [0, 0.05) is 17.4 Å². The van der Waals surface area contributed by atoms with Crippen molar-refractivity contribution in [2.75, 3.05) is 5.75 Å². The number of rotatable bonds is 4. The minimum atomic E-state index is -0.184. The van der Waals surface area contributed by atoms with E-state index in [1.54, 1.807) is 0 Å². The molecular weight excluding hydrogens is 354 g/mol. The third-order valence-corrected chi connectivity index (χ3v) is 7.25. The summed E-state index contributed by atoms with van der Waals surface area (Å²) in [6, 6.07) is 15.0. The Labute approximate surface area is 163 Å². The lowest BCUT2D eigenvalue weighted by Gasteiger charge is -2.20. The average Bonchev–Trinajstić information content (AvgIpc) is 3.44. The van der Waals surface area contributed by atoms with Crippen LogP contribution in [0.1, 0.15) is 54.0 Å². The Kier molecular flexibility index (Phi) is 4.14. The minimum Gasteiger partial charge on any atom is -0.391 e. The van der Waals surface area contributed by atoms with Crippen LogP contribution in [0.2, 0.25) is 0 Å². The molecule has 1 unspecified atom stereocenters. The zero-order valence-corrected chi connectivity index (χ0v) is 16.3. The van der Waals surface area contributed by atoms with E-state index in [2.05, 4.69) is 49.4 Å². The Morgan fingerprint density at radius 2 is 1.89 bits per heavy atom. The van der Waals surface area contributed by atoms with Gasteiger partial charge in [0.05, 0.1) is 11.6 Å². The highest BCUT2D eigenvalue weighted by Gasteiger charge is 2.36. The number of hydrogen-bond donors (Lipinski definition) is 1. The van der Waals surface area contributed by atoms with Crippen molar-refractivity contribution in [3.8, 4) is 0 Å². The second-order valence-electron chi connectivity index (χ2n) is 7.76. The van der Waals surface area contributed by atoms with Crippen LogP contribution in [0.25, 0.3) is 10.8 Å². The molecule has 3 nitrogen and oxygen atoms in total. The van der Waals surface area contributed by atoms with Crippen LogP contribution in [-0.4, -0.2) is 15.4 Å². The maximum absolute atomic E-state index is 13.2. The maximum atomic E-state index is 13.2. The quantitative estimate of drug-likeness (QED) is 0.721. The number of benzene rings is 2. The van der Waals surface area contributed by atoms with Crippen molar-refractivity contribution in [1.29, 1.82) is 0 Å². The highest BCUT2D eigenvalue weighted by molar-refractivity contribution is 7.99. The number of thioether (sulfide) groups is 1. The molecule has 0 spiro atoms. The van der Waals surface area contributed by atoms with Gasteiger partial charge in [-0.1, -0.05) is 42.5 Å². The Hall–Kier alpha value is -2.04. The summed E-state index contributed by atoms with van der Waals surface area (Å²) in [4.78, 5) is 13.2. The molecule has 27 heavy (non-hydrogen) atoms. The van der Waals surface area contributed by atoms with Crippen LogP contribution in [0.3, 0.4) is 0 Å². The SMILES string of the molecule is CC1CSc2c(C3CC3)c(Cc3cccc4ccccc34)c(CO)c(=O)n21. The van der Waals surface area contributed by atoms with Crippen LogP contribution in [0, 0.1) is 0 Å². The third-order valence-electron chi connectivity index (χ3n) is 5.91. The van der Waals surface area contributed by atoms with Gasteiger partial charge >= 0.3 is 0 Å². The molecule has 3 aromatic rings. The Morgan fingerprint density at radius 3 is 2.67 bits per heavy atom. The number of pyridine rings is 1. The molecule has 1 N–H and O–H groups in total. The van der Waals surface area contributed by atoms with Crippen molar-refractivity contribution >= 4 is 22.5 Å². The van der Waals surface area contributed by atoms with Crippen LogP contribution in [0.4, 0.5) is 0 Å². The molecule has 5 rings (SSSR count). The first-order valence-electron chi connectivity index (χ1n) is 9.69. The van der Waals surface area contributed by atoms with Gasteiger partial charge in [0.2, 0.25) is 0 Å². The smallest absolute Gasteiger partial charge is 0.257 e. The van der Waals surface area contributed by atoms with Crippen molar-refractivity contribution < 1.29 is 5.11 Å². The second kappa shape index (κ2) is 6.54. The number of fused-ring (bicyclic) bond motifs is 2. The monoisotopic (exact) mass is 377 g/mol. The second-order valence-corrected chi connectivity index (χ2v) is 8.77. The molecule has 2 heterocycles. The molecule has 1 aromatic heterocycles. The average molecular weight is 378 g/mol. The standard InChI is InChI=1S/C23H23NO2S/c1-14-13-27-23-21(16-9-10-16)19(20(12-25)22(26)24(14)23)11-17-7-4-6-15-5-2-3-8-18(15)17/h2-8,14,16,25H,9-13H2,1H3. The van der Waals surface area contributed by atoms with Crippen molar-refractivity contribution in [3.63, 3.8) is 0 Å². The summed E-state index contributed by atoms with van der Waals surface area (Å²) in [5.74, 6) is 1.48. The lowest BCUT2D eigenvalue weighted by Crippen LogP contribution is -2.29. The molecule has 2 aliphatic rings. The van der Waals surface area contributed by atoms with Crippen LogP contribution in [-0.2, 0) is 13.0 Å². The van der Waals surface area contributed by atoms with Gasteiger partial charge in [-0.2, -0.15) is 0 Å².